The van der Waals surface area contributed by atoms with Gasteiger partial charge < -0.3 is 17.2 Å². The fourth-order valence-corrected chi connectivity index (χ4v) is 1.01. The van der Waals surface area contributed by atoms with Crippen molar-refractivity contribution in [3.05, 3.63) is 0 Å². The predicted molar refractivity (Wildman–Crippen MR) is 56.2 cm³/mol. The van der Waals surface area contributed by atoms with Crippen molar-refractivity contribution in [3.8, 4) is 0 Å². The Morgan fingerprint density at radius 3 is 1.79 bits per heavy atom. The molecule has 7 heteroatoms. The van der Waals surface area contributed by atoms with Crippen molar-refractivity contribution >= 4 is 29.0 Å². The Kier molecular flexibility index (Phi) is 5.73. The number of nitrogens with two attached hydrogens (primary N) is 3. The molecule has 0 aromatic carbocycles. The van der Waals surface area contributed by atoms with Crippen LogP contribution in [0.2, 0.25) is 0 Å². The van der Waals surface area contributed by atoms with Crippen molar-refractivity contribution in [3.63, 3.8) is 0 Å². The van der Waals surface area contributed by atoms with E-state index in [1.807, 2.05) is 0 Å². The Morgan fingerprint density at radius 2 is 1.50 bits per heavy atom. The van der Waals surface area contributed by atoms with Gasteiger partial charge in [0, 0.05) is 13.0 Å². The van der Waals surface area contributed by atoms with E-state index in [0.29, 0.717) is 18.0 Å². The maximum absolute atomic E-state index is 10.6. The van der Waals surface area contributed by atoms with Crippen molar-refractivity contribution in [1.82, 2.24) is 4.90 Å². The van der Waals surface area contributed by atoms with Gasteiger partial charge in [0.15, 0.2) is 0 Å². The van der Waals surface area contributed by atoms with Crippen molar-refractivity contribution in [2.45, 2.75) is 6.42 Å². The van der Waals surface area contributed by atoms with Crippen LogP contribution in [-0.4, -0.2) is 41.3 Å². The zero-order chi connectivity index (χ0) is 11.1. The lowest BCUT2D eigenvalue weighted by atomic mass is 10.3. The third-order valence-corrected chi connectivity index (χ3v) is 1.64. The molecule has 6 nitrogen and oxygen atoms in total. The molecule has 0 atom stereocenters. The van der Waals surface area contributed by atoms with Gasteiger partial charge >= 0.3 is 0 Å². The first-order valence-electron chi connectivity index (χ1n) is 3.99. The molecule has 0 radical (unpaired) electrons. The number of carbonyl (C=O) groups excluding carboxylic acids is 2. The van der Waals surface area contributed by atoms with E-state index in [2.05, 4.69) is 12.2 Å². The molecule has 0 aliphatic rings. The molecule has 0 spiro atoms. The third-order valence-electron chi connectivity index (χ3n) is 1.43. The molecule has 0 fully saturated rings. The van der Waals surface area contributed by atoms with Gasteiger partial charge in [-0.1, -0.05) is 12.2 Å². The highest BCUT2D eigenvalue weighted by Crippen LogP contribution is 1.91. The minimum Gasteiger partial charge on any atom is -0.393 e. The van der Waals surface area contributed by atoms with Crippen LogP contribution in [0.25, 0.3) is 0 Å². The van der Waals surface area contributed by atoms with Crippen LogP contribution < -0.4 is 17.2 Å². The van der Waals surface area contributed by atoms with E-state index in [1.165, 1.54) is 4.90 Å². The van der Waals surface area contributed by atoms with Crippen molar-refractivity contribution in [1.29, 1.82) is 0 Å². The number of nitrogens with zero attached hydrogens (tertiary/aromatic N) is 1. The summed E-state index contributed by atoms with van der Waals surface area (Å²) in [6, 6.07) is 0. The minimum absolute atomic E-state index is 0.0223. The van der Waals surface area contributed by atoms with Crippen LogP contribution in [0.15, 0.2) is 0 Å². The molecule has 0 aliphatic carbocycles. The molecule has 0 saturated carbocycles. The summed E-state index contributed by atoms with van der Waals surface area (Å²) in [6.07, 6.45) is 0.426. The smallest absolute Gasteiger partial charge is 0.231 e. The van der Waals surface area contributed by atoms with Gasteiger partial charge in [0.05, 0.1) is 18.1 Å². The van der Waals surface area contributed by atoms with Gasteiger partial charge in [-0.25, -0.2) is 0 Å². The van der Waals surface area contributed by atoms with Crippen LogP contribution in [0, 0.1) is 0 Å². The van der Waals surface area contributed by atoms with Crippen LogP contribution >= 0.6 is 12.2 Å². The van der Waals surface area contributed by atoms with Crippen LogP contribution in [0.5, 0.6) is 0 Å². The van der Waals surface area contributed by atoms with Gasteiger partial charge in [-0.15, -0.1) is 0 Å². The molecule has 0 aliphatic heterocycles. The first-order valence-corrected chi connectivity index (χ1v) is 4.40. The lowest BCUT2D eigenvalue weighted by Crippen LogP contribution is -2.40. The van der Waals surface area contributed by atoms with E-state index < -0.39 is 11.8 Å². The Labute approximate surface area is 87.4 Å². The second-order valence-corrected chi connectivity index (χ2v) is 3.38. The summed E-state index contributed by atoms with van der Waals surface area (Å²) in [7, 11) is 0. The summed E-state index contributed by atoms with van der Waals surface area (Å²) in [5.41, 5.74) is 15.2. The Balaban J connectivity index is 4.03. The number of hydrogen-bond acceptors (Lipinski definition) is 4. The van der Waals surface area contributed by atoms with Crippen molar-refractivity contribution in [2.24, 2.45) is 17.2 Å². The number of rotatable bonds is 7. The van der Waals surface area contributed by atoms with Crippen molar-refractivity contribution in [2.75, 3.05) is 19.6 Å². The molecule has 2 amide bonds. The minimum atomic E-state index is -0.519. The first kappa shape index (κ1) is 12.8. The van der Waals surface area contributed by atoms with E-state index in [9.17, 15) is 9.59 Å². The standard InChI is InChI=1S/C7H14N4O2S/c8-5(12)3-11(4-6(9)13)2-1-7(10)14/h1-4H2,(H2,8,12)(H2,9,13)(H2,10,14). The van der Waals surface area contributed by atoms with E-state index in [4.69, 9.17) is 17.2 Å². The Bertz CT molecular complexity index is 228. The van der Waals surface area contributed by atoms with Crippen LogP contribution in [0.4, 0.5) is 0 Å². The molecule has 6 N–H and O–H groups in total. The van der Waals surface area contributed by atoms with Crippen LogP contribution in [-0.2, 0) is 9.59 Å². The van der Waals surface area contributed by atoms with Gasteiger partial charge in [0.2, 0.25) is 11.8 Å². The summed E-state index contributed by atoms with van der Waals surface area (Å²) >= 11 is 4.66. The molecule has 0 heterocycles. The Hall–Kier alpha value is -1.21. The molecular formula is C7H14N4O2S. The molecule has 0 saturated heterocycles. The average Bonchev–Trinajstić information content (AvgIpc) is 1.97. The number of primary amides is 2. The normalized spacial score (nSPS) is 10.1. The van der Waals surface area contributed by atoms with E-state index in [-0.39, 0.29) is 13.1 Å². The number of thiocarbonyl (C=S) groups is 1. The average molecular weight is 218 g/mol. The van der Waals surface area contributed by atoms with Crippen LogP contribution in [0.1, 0.15) is 6.42 Å². The Morgan fingerprint density at radius 1 is 1.07 bits per heavy atom. The fourth-order valence-electron chi connectivity index (χ4n) is 0.923. The highest BCUT2D eigenvalue weighted by Gasteiger charge is 2.10. The maximum Gasteiger partial charge on any atom is 0.231 e. The van der Waals surface area contributed by atoms with E-state index in [1.54, 1.807) is 0 Å². The largest absolute Gasteiger partial charge is 0.393 e. The number of carbonyl (C=O) groups is 2. The highest BCUT2D eigenvalue weighted by molar-refractivity contribution is 7.80. The predicted octanol–water partition coefficient (Wildman–Crippen LogP) is -2.06. The van der Waals surface area contributed by atoms with Gasteiger partial charge in [0.25, 0.3) is 0 Å². The second kappa shape index (κ2) is 6.28. The lowest BCUT2D eigenvalue weighted by molar-refractivity contribution is -0.121. The second-order valence-electron chi connectivity index (χ2n) is 2.86. The van der Waals surface area contributed by atoms with E-state index >= 15 is 0 Å². The SMILES string of the molecule is NC(=O)CN(CCC(N)=S)CC(N)=O. The lowest BCUT2D eigenvalue weighted by Gasteiger charge is -2.17. The maximum atomic E-state index is 10.6. The molecule has 80 valence electrons. The summed E-state index contributed by atoms with van der Waals surface area (Å²) in [4.78, 5) is 23.0. The van der Waals surface area contributed by atoms with Crippen molar-refractivity contribution < 1.29 is 9.59 Å². The molecule has 0 bridgehead atoms. The third kappa shape index (κ3) is 7.44. The highest BCUT2D eigenvalue weighted by atomic mass is 32.1. The van der Waals surface area contributed by atoms with Gasteiger partial charge in [-0.3, -0.25) is 14.5 Å². The number of amides is 2. The van der Waals surface area contributed by atoms with Crippen LogP contribution in [0.3, 0.4) is 0 Å². The summed E-state index contributed by atoms with van der Waals surface area (Å²) in [6.45, 7) is 0.359. The summed E-state index contributed by atoms with van der Waals surface area (Å²) < 4.78 is 0. The zero-order valence-corrected chi connectivity index (χ0v) is 8.55. The summed E-state index contributed by atoms with van der Waals surface area (Å²) in [5, 5.41) is 0. The molecule has 0 rings (SSSR count). The summed E-state index contributed by atoms with van der Waals surface area (Å²) in [5.74, 6) is -1.04. The molecule has 0 unspecified atom stereocenters. The van der Waals surface area contributed by atoms with Gasteiger partial charge in [-0.2, -0.15) is 0 Å². The van der Waals surface area contributed by atoms with Gasteiger partial charge in [0.1, 0.15) is 0 Å². The zero-order valence-electron chi connectivity index (χ0n) is 7.73. The fraction of sp³-hybridized carbons (Fsp3) is 0.571. The quantitative estimate of drug-likeness (QED) is 0.425. The molecule has 14 heavy (non-hydrogen) atoms. The topological polar surface area (TPSA) is 115 Å². The van der Waals surface area contributed by atoms with Gasteiger partial charge in [-0.05, 0) is 0 Å². The molecular weight excluding hydrogens is 204 g/mol. The molecule has 0 aromatic heterocycles. The first-order chi connectivity index (χ1) is 6.41. The van der Waals surface area contributed by atoms with E-state index in [0.717, 1.165) is 0 Å². The molecule has 0 aromatic rings. The number of hydrogen-bond donors (Lipinski definition) is 3. The monoisotopic (exact) mass is 218 g/mol.